The fraction of sp³-hybridized carbons (Fsp3) is 0.333. The molecule has 0 saturated carbocycles. The maximum atomic E-state index is 11.8. The number of rotatable bonds is 1. The molecule has 0 radical (unpaired) electrons. The smallest absolute Gasteiger partial charge is 0.429 e. The Balaban J connectivity index is 2.44. The second-order valence-corrected chi connectivity index (χ2v) is 3.97. The van der Waals surface area contributed by atoms with Gasteiger partial charge in [0.2, 0.25) is 0 Å². The second kappa shape index (κ2) is 3.63. The number of cyclic esters (lactones) is 3. The highest BCUT2D eigenvalue weighted by Crippen LogP contribution is 2.34. The number of benzene rings is 1. The quantitative estimate of drug-likeness (QED) is 0.536. The molecule has 0 N–H and O–H groups in total. The summed E-state index contributed by atoms with van der Waals surface area (Å²) in [5, 5.41) is 0. The van der Waals surface area contributed by atoms with E-state index in [1.165, 1.54) is 0 Å². The molecular formula is C12H12O4. The lowest BCUT2D eigenvalue weighted by atomic mass is 9.77. The van der Waals surface area contributed by atoms with Crippen molar-refractivity contribution in [2.75, 3.05) is 0 Å². The minimum atomic E-state index is -0.935. The summed E-state index contributed by atoms with van der Waals surface area (Å²) < 4.78 is 9.47. The molecule has 4 nitrogen and oxygen atoms in total. The van der Waals surface area contributed by atoms with Crippen molar-refractivity contribution in [1.29, 1.82) is 0 Å². The molecule has 16 heavy (non-hydrogen) atoms. The van der Waals surface area contributed by atoms with Gasteiger partial charge in [0.05, 0.1) is 0 Å². The van der Waals surface area contributed by atoms with Crippen molar-refractivity contribution in [3.8, 4) is 0 Å². The van der Waals surface area contributed by atoms with E-state index in [0.29, 0.717) is 0 Å². The third-order valence-electron chi connectivity index (χ3n) is 3.06. The molecule has 1 saturated heterocycles. The molecule has 0 spiro atoms. The van der Waals surface area contributed by atoms with Gasteiger partial charge in [-0.05, 0) is 19.4 Å². The summed E-state index contributed by atoms with van der Waals surface area (Å²) >= 11 is 0. The van der Waals surface area contributed by atoms with Crippen LogP contribution in [0, 0.1) is 0 Å². The number of esters is 1. The highest BCUT2D eigenvalue weighted by Gasteiger charge is 2.49. The Morgan fingerprint density at radius 3 is 2.38 bits per heavy atom. The molecule has 0 amide bonds. The SMILES string of the molecule is CC1OC(=O)OC(=O)C1(C)c1ccccc1. The van der Waals surface area contributed by atoms with Crippen molar-refractivity contribution < 1.29 is 19.1 Å². The summed E-state index contributed by atoms with van der Waals surface area (Å²) in [5.41, 5.74) is -0.158. The molecule has 2 unspecified atom stereocenters. The van der Waals surface area contributed by atoms with Gasteiger partial charge in [0.15, 0.2) is 0 Å². The van der Waals surface area contributed by atoms with Crippen LogP contribution in [-0.4, -0.2) is 18.2 Å². The van der Waals surface area contributed by atoms with E-state index in [1.807, 2.05) is 30.3 Å². The van der Waals surface area contributed by atoms with E-state index in [9.17, 15) is 9.59 Å². The van der Waals surface area contributed by atoms with Crippen LogP contribution in [0.5, 0.6) is 0 Å². The lowest BCUT2D eigenvalue weighted by molar-refractivity contribution is -0.160. The molecule has 2 rings (SSSR count). The number of ether oxygens (including phenoxy) is 2. The Morgan fingerprint density at radius 2 is 1.81 bits per heavy atom. The maximum Gasteiger partial charge on any atom is 0.516 e. The molecule has 84 valence electrons. The van der Waals surface area contributed by atoms with Gasteiger partial charge in [-0.25, -0.2) is 4.79 Å². The molecular weight excluding hydrogens is 208 g/mol. The van der Waals surface area contributed by atoms with Gasteiger partial charge in [0, 0.05) is 0 Å². The third kappa shape index (κ3) is 1.46. The van der Waals surface area contributed by atoms with Crippen LogP contribution in [0.25, 0.3) is 0 Å². The van der Waals surface area contributed by atoms with Crippen molar-refractivity contribution >= 4 is 12.1 Å². The summed E-state index contributed by atoms with van der Waals surface area (Å²) in [7, 11) is 0. The standard InChI is InChI=1S/C12H12O4/c1-8-12(2,9-6-4-3-5-7-9)10(13)16-11(14)15-8/h3-8H,1-2H3. The van der Waals surface area contributed by atoms with Gasteiger partial charge in [-0.3, -0.25) is 4.79 Å². The molecule has 4 heteroatoms. The first kappa shape index (κ1) is 10.7. The van der Waals surface area contributed by atoms with Crippen molar-refractivity contribution in [3.05, 3.63) is 35.9 Å². The monoisotopic (exact) mass is 220 g/mol. The number of hydrogen-bond donors (Lipinski definition) is 0. The van der Waals surface area contributed by atoms with Gasteiger partial charge in [0.25, 0.3) is 0 Å². The Kier molecular flexibility index (Phi) is 2.42. The normalized spacial score (nSPS) is 29.5. The fourth-order valence-corrected chi connectivity index (χ4v) is 1.77. The van der Waals surface area contributed by atoms with E-state index in [2.05, 4.69) is 4.74 Å². The van der Waals surface area contributed by atoms with Gasteiger partial charge >= 0.3 is 12.1 Å². The predicted molar refractivity (Wildman–Crippen MR) is 55.8 cm³/mol. The van der Waals surface area contributed by atoms with Crippen LogP contribution in [0.4, 0.5) is 4.79 Å². The van der Waals surface area contributed by atoms with Gasteiger partial charge < -0.3 is 9.47 Å². The lowest BCUT2D eigenvalue weighted by Gasteiger charge is -2.35. The van der Waals surface area contributed by atoms with E-state index < -0.39 is 23.6 Å². The summed E-state index contributed by atoms with van der Waals surface area (Å²) in [5.74, 6) is -0.567. The minimum absolute atomic E-state index is 0.538. The Labute approximate surface area is 93.2 Å². The lowest BCUT2D eigenvalue weighted by Crippen LogP contribution is -2.51. The highest BCUT2D eigenvalue weighted by atomic mass is 16.8. The van der Waals surface area contributed by atoms with E-state index >= 15 is 0 Å². The van der Waals surface area contributed by atoms with E-state index in [4.69, 9.17) is 4.74 Å². The molecule has 1 aliphatic rings. The fourth-order valence-electron chi connectivity index (χ4n) is 1.77. The topological polar surface area (TPSA) is 52.6 Å². The first-order chi connectivity index (χ1) is 7.55. The Morgan fingerprint density at radius 1 is 1.19 bits per heavy atom. The Hall–Kier alpha value is -1.84. The minimum Gasteiger partial charge on any atom is -0.429 e. The summed E-state index contributed by atoms with van der Waals surface area (Å²) in [6, 6.07) is 9.15. The van der Waals surface area contributed by atoms with Crippen molar-refractivity contribution in [1.82, 2.24) is 0 Å². The third-order valence-corrected chi connectivity index (χ3v) is 3.06. The van der Waals surface area contributed by atoms with Crippen LogP contribution in [0.2, 0.25) is 0 Å². The van der Waals surface area contributed by atoms with Crippen LogP contribution in [0.1, 0.15) is 19.4 Å². The van der Waals surface area contributed by atoms with Crippen molar-refractivity contribution in [2.45, 2.75) is 25.4 Å². The van der Waals surface area contributed by atoms with Crippen LogP contribution in [0.15, 0.2) is 30.3 Å². The summed E-state index contributed by atoms with van der Waals surface area (Å²) in [4.78, 5) is 22.8. The zero-order valence-electron chi connectivity index (χ0n) is 9.10. The van der Waals surface area contributed by atoms with Crippen LogP contribution in [-0.2, 0) is 19.7 Å². The maximum absolute atomic E-state index is 11.8. The molecule has 1 heterocycles. The number of carbonyl (C=O) groups excluding carboxylic acids is 2. The number of hydrogen-bond acceptors (Lipinski definition) is 4. The van der Waals surface area contributed by atoms with Crippen molar-refractivity contribution in [3.63, 3.8) is 0 Å². The first-order valence-electron chi connectivity index (χ1n) is 5.03. The molecule has 1 aromatic rings. The van der Waals surface area contributed by atoms with Crippen LogP contribution >= 0.6 is 0 Å². The first-order valence-corrected chi connectivity index (χ1v) is 5.03. The summed E-state index contributed by atoms with van der Waals surface area (Å²) in [6.45, 7) is 3.40. The highest BCUT2D eigenvalue weighted by molar-refractivity contribution is 5.92. The predicted octanol–water partition coefficient (Wildman–Crippen LogP) is 2.03. The van der Waals surface area contributed by atoms with E-state index in [0.717, 1.165) is 5.56 Å². The van der Waals surface area contributed by atoms with Gasteiger partial charge in [0.1, 0.15) is 11.5 Å². The Bertz CT molecular complexity index is 426. The average Bonchev–Trinajstić information content (AvgIpc) is 2.27. The van der Waals surface area contributed by atoms with Gasteiger partial charge in [-0.2, -0.15) is 0 Å². The largest absolute Gasteiger partial charge is 0.516 e. The average molecular weight is 220 g/mol. The molecule has 0 aliphatic carbocycles. The van der Waals surface area contributed by atoms with Crippen molar-refractivity contribution in [2.24, 2.45) is 0 Å². The second-order valence-electron chi connectivity index (χ2n) is 3.97. The molecule has 1 aliphatic heterocycles. The van der Waals surface area contributed by atoms with Gasteiger partial charge in [-0.1, -0.05) is 30.3 Å². The van der Waals surface area contributed by atoms with Gasteiger partial charge in [-0.15, -0.1) is 0 Å². The van der Waals surface area contributed by atoms with E-state index in [-0.39, 0.29) is 0 Å². The summed E-state index contributed by atoms with van der Waals surface area (Å²) in [6.07, 6.45) is -1.46. The molecule has 1 aromatic carbocycles. The zero-order valence-corrected chi connectivity index (χ0v) is 9.10. The van der Waals surface area contributed by atoms with Crippen LogP contribution in [0.3, 0.4) is 0 Å². The molecule has 0 aromatic heterocycles. The van der Waals surface area contributed by atoms with Crippen LogP contribution < -0.4 is 0 Å². The molecule has 2 atom stereocenters. The molecule has 1 fully saturated rings. The van der Waals surface area contributed by atoms with E-state index in [1.54, 1.807) is 13.8 Å². The number of carbonyl (C=O) groups is 2. The molecule has 0 bridgehead atoms. The zero-order chi connectivity index (χ0) is 11.8.